The molecule has 0 aromatic heterocycles. The molecule has 0 spiro atoms. The normalized spacial score (nSPS) is 12.1. The van der Waals surface area contributed by atoms with Crippen molar-refractivity contribution in [2.75, 3.05) is 5.73 Å². The number of nitrogen functional groups attached to an aromatic ring is 1. The monoisotopic (exact) mass is 370 g/mol. The fraction of sp³-hybridized carbons (Fsp3) is 0.333. The Morgan fingerprint density at radius 1 is 1.00 bits per heavy atom. The van der Waals surface area contributed by atoms with Gasteiger partial charge in [0.15, 0.2) is 0 Å². The number of carbonyl (C=O) groups is 2. The zero-order chi connectivity index (χ0) is 19.9. The van der Waals surface area contributed by atoms with Crippen molar-refractivity contribution < 1.29 is 19.1 Å². The van der Waals surface area contributed by atoms with Gasteiger partial charge in [-0.05, 0) is 44.0 Å². The van der Waals surface area contributed by atoms with Crippen molar-refractivity contribution in [2.24, 2.45) is 0 Å². The van der Waals surface area contributed by atoms with Crippen LogP contribution in [0.1, 0.15) is 31.9 Å². The molecule has 0 aliphatic heterocycles. The molecule has 6 heteroatoms. The number of hydrogen-bond donors (Lipinski definition) is 2. The number of nitrogens with two attached hydrogens (primary N) is 1. The van der Waals surface area contributed by atoms with E-state index in [-0.39, 0.29) is 13.0 Å². The van der Waals surface area contributed by atoms with Gasteiger partial charge in [0.2, 0.25) is 0 Å². The van der Waals surface area contributed by atoms with Crippen molar-refractivity contribution in [1.29, 1.82) is 0 Å². The van der Waals surface area contributed by atoms with Crippen molar-refractivity contribution in [3.05, 3.63) is 65.7 Å². The van der Waals surface area contributed by atoms with Crippen LogP contribution in [0, 0.1) is 0 Å². The number of nitrogens with one attached hydrogen (secondary N) is 1. The molecule has 2 aromatic carbocycles. The summed E-state index contributed by atoms with van der Waals surface area (Å²) in [5.74, 6) is -0.518. The van der Waals surface area contributed by atoms with Crippen LogP contribution in [-0.2, 0) is 27.3 Å². The molecule has 1 unspecified atom stereocenters. The lowest BCUT2D eigenvalue weighted by Gasteiger charge is -2.24. The zero-order valence-electron chi connectivity index (χ0n) is 15.9. The lowest BCUT2D eigenvalue weighted by atomic mass is 10.1. The summed E-state index contributed by atoms with van der Waals surface area (Å²) in [4.78, 5) is 24.7. The van der Waals surface area contributed by atoms with E-state index >= 15 is 0 Å². The second-order valence-electron chi connectivity index (χ2n) is 7.24. The Labute approximate surface area is 159 Å². The molecule has 6 nitrogen and oxygen atoms in total. The minimum absolute atomic E-state index is 0.121. The number of carbonyl (C=O) groups excluding carboxylic acids is 2. The summed E-state index contributed by atoms with van der Waals surface area (Å²) in [6, 6.07) is 15.6. The Hall–Kier alpha value is -3.02. The van der Waals surface area contributed by atoms with E-state index in [9.17, 15) is 9.59 Å². The molecular weight excluding hydrogens is 344 g/mol. The molecule has 0 bridgehead atoms. The summed E-state index contributed by atoms with van der Waals surface area (Å²) in [5, 5.41) is 2.61. The SMILES string of the molecule is CC(C)(C)OC(=O)C(Cc1ccc(N)cc1)NC(=O)OCc1ccccc1. The molecule has 3 N–H and O–H groups in total. The second kappa shape index (κ2) is 9.07. The van der Waals surface area contributed by atoms with E-state index in [0.717, 1.165) is 11.1 Å². The Bertz CT molecular complexity index is 752. The van der Waals surface area contributed by atoms with Gasteiger partial charge in [-0.1, -0.05) is 42.5 Å². The lowest BCUT2D eigenvalue weighted by Crippen LogP contribution is -2.45. The third-order valence-corrected chi connectivity index (χ3v) is 3.62. The van der Waals surface area contributed by atoms with Gasteiger partial charge in [-0.15, -0.1) is 0 Å². The molecule has 1 amide bonds. The molecule has 1 atom stereocenters. The molecule has 144 valence electrons. The Morgan fingerprint density at radius 3 is 2.22 bits per heavy atom. The zero-order valence-corrected chi connectivity index (χ0v) is 15.9. The average Bonchev–Trinajstić information content (AvgIpc) is 2.60. The fourth-order valence-electron chi connectivity index (χ4n) is 2.36. The van der Waals surface area contributed by atoms with Gasteiger partial charge >= 0.3 is 12.1 Å². The van der Waals surface area contributed by atoms with Gasteiger partial charge < -0.3 is 20.5 Å². The van der Waals surface area contributed by atoms with Crippen molar-refractivity contribution in [3.63, 3.8) is 0 Å². The third-order valence-electron chi connectivity index (χ3n) is 3.62. The minimum atomic E-state index is -0.865. The number of esters is 1. The summed E-state index contributed by atoms with van der Waals surface area (Å²) in [6.45, 7) is 5.45. The van der Waals surface area contributed by atoms with Crippen molar-refractivity contribution >= 4 is 17.7 Å². The van der Waals surface area contributed by atoms with E-state index in [1.54, 1.807) is 32.9 Å². The summed E-state index contributed by atoms with van der Waals surface area (Å²) in [5.41, 5.74) is 7.37. The van der Waals surface area contributed by atoms with Crippen molar-refractivity contribution in [2.45, 2.75) is 45.4 Å². The van der Waals surface area contributed by atoms with E-state index in [0.29, 0.717) is 5.69 Å². The van der Waals surface area contributed by atoms with Crippen molar-refractivity contribution in [1.82, 2.24) is 5.32 Å². The maximum atomic E-state index is 12.5. The van der Waals surface area contributed by atoms with E-state index in [4.69, 9.17) is 15.2 Å². The lowest BCUT2D eigenvalue weighted by molar-refractivity contribution is -0.157. The summed E-state index contributed by atoms with van der Waals surface area (Å²) < 4.78 is 10.6. The highest BCUT2D eigenvalue weighted by molar-refractivity contribution is 5.82. The maximum Gasteiger partial charge on any atom is 0.408 e. The van der Waals surface area contributed by atoms with Gasteiger partial charge in [0.05, 0.1) is 0 Å². The summed E-state index contributed by atoms with van der Waals surface area (Å²) in [6.07, 6.45) is -0.402. The molecule has 0 saturated heterocycles. The highest BCUT2D eigenvalue weighted by Crippen LogP contribution is 2.13. The van der Waals surface area contributed by atoms with Crippen LogP contribution in [0.2, 0.25) is 0 Å². The maximum absolute atomic E-state index is 12.5. The van der Waals surface area contributed by atoms with Crippen molar-refractivity contribution in [3.8, 4) is 0 Å². The molecule has 0 aliphatic rings. The largest absolute Gasteiger partial charge is 0.458 e. The molecule has 2 rings (SSSR count). The van der Waals surface area contributed by atoms with Crippen LogP contribution in [0.4, 0.5) is 10.5 Å². The molecule has 0 fully saturated rings. The van der Waals surface area contributed by atoms with Gasteiger partial charge in [-0.3, -0.25) is 0 Å². The quantitative estimate of drug-likeness (QED) is 0.600. The highest BCUT2D eigenvalue weighted by Gasteiger charge is 2.27. The molecule has 27 heavy (non-hydrogen) atoms. The van der Waals surface area contributed by atoms with Crippen LogP contribution in [0.15, 0.2) is 54.6 Å². The van der Waals surface area contributed by atoms with Gasteiger partial charge in [-0.2, -0.15) is 0 Å². The Kier molecular flexibility index (Phi) is 6.82. The first-order valence-corrected chi connectivity index (χ1v) is 8.77. The van der Waals surface area contributed by atoms with E-state index < -0.39 is 23.7 Å². The van der Waals surface area contributed by atoms with Crippen LogP contribution >= 0.6 is 0 Å². The number of amides is 1. The smallest absolute Gasteiger partial charge is 0.408 e. The predicted octanol–water partition coefficient (Wildman–Crippen LogP) is 3.45. The van der Waals surface area contributed by atoms with Gasteiger partial charge in [-0.25, -0.2) is 9.59 Å². The number of benzene rings is 2. The van der Waals surface area contributed by atoms with Gasteiger partial charge in [0.1, 0.15) is 18.2 Å². The number of anilines is 1. The standard InChI is InChI=1S/C21H26N2O4/c1-21(2,3)27-19(24)18(13-15-9-11-17(22)12-10-15)23-20(25)26-14-16-7-5-4-6-8-16/h4-12,18H,13-14,22H2,1-3H3,(H,23,25). The topological polar surface area (TPSA) is 90.6 Å². The molecule has 2 aromatic rings. The first kappa shape index (κ1) is 20.3. The van der Waals surface area contributed by atoms with Crippen LogP contribution in [-0.4, -0.2) is 23.7 Å². The van der Waals surface area contributed by atoms with E-state index in [2.05, 4.69) is 5.32 Å². The highest BCUT2D eigenvalue weighted by atomic mass is 16.6. The first-order valence-electron chi connectivity index (χ1n) is 8.77. The van der Waals surface area contributed by atoms with Crippen LogP contribution in [0.3, 0.4) is 0 Å². The molecule has 0 radical (unpaired) electrons. The van der Waals surface area contributed by atoms with E-state index in [1.807, 2.05) is 42.5 Å². The Balaban J connectivity index is 2.02. The predicted molar refractivity (Wildman–Crippen MR) is 104 cm³/mol. The molecule has 0 saturated carbocycles. The number of rotatable bonds is 6. The first-order chi connectivity index (χ1) is 12.7. The molecular formula is C21H26N2O4. The summed E-state index contributed by atoms with van der Waals surface area (Å²) in [7, 11) is 0. The molecule has 0 aliphatic carbocycles. The molecule has 0 heterocycles. The Morgan fingerprint density at radius 2 is 1.63 bits per heavy atom. The minimum Gasteiger partial charge on any atom is -0.458 e. The van der Waals surface area contributed by atoms with Crippen LogP contribution in [0.25, 0.3) is 0 Å². The average molecular weight is 370 g/mol. The number of ether oxygens (including phenoxy) is 2. The summed E-state index contributed by atoms with van der Waals surface area (Å²) >= 11 is 0. The number of hydrogen-bond acceptors (Lipinski definition) is 5. The number of alkyl carbamates (subject to hydrolysis) is 1. The third kappa shape index (κ3) is 7.40. The second-order valence-corrected chi connectivity index (χ2v) is 7.24. The van der Waals surface area contributed by atoms with Crippen LogP contribution in [0.5, 0.6) is 0 Å². The van der Waals surface area contributed by atoms with E-state index in [1.165, 1.54) is 0 Å². The van der Waals surface area contributed by atoms with Crippen LogP contribution < -0.4 is 11.1 Å². The van der Waals surface area contributed by atoms with Gasteiger partial charge in [0, 0.05) is 12.1 Å². The fourth-order valence-corrected chi connectivity index (χ4v) is 2.36. The van der Waals surface area contributed by atoms with Gasteiger partial charge in [0.25, 0.3) is 0 Å².